The van der Waals surface area contributed by atoms with Crippen LogP contribution < -0.4 is 0 Å². The number of halogens is 1. The fraction of sp³-hybridized carbons (Fsp3) is 0.100. The third kappa shape index (κ3) is 3.01. The van der Waals surface area contributed by atoms with Crippen LogP contribution in [-0.4, -0.2) is 0 Å². The SMILES string of the molecule is ClCc1ccccc1C(c1ccccc1)c1ccccc1. The highest BCUT2D eigenvalue weighted by Crippen LogP contribution is 2.34. The first-order chi connectivity index (χ1) is 10.4. The van der Waals surface area contributed by atoms with E-state index in [4.69, 9.17) is 11.6 Å². The lowest BCUT2D eigenvalue weighted by molar-refractivity contribution is 0.959. The van der Waals surface area contributed by atoms with E-state index < -0.39 is 0 Å². The third-order valence-electron chi connectivity index (χ3n) is 3.78. The van der Waals surface area contributed by atoms with Crippen molar-refractivity contribution < 1.29 is 0 Å². The fourth-order valence-electron chi connectivity index (χ4n) is 2.78. The molecule has 21 heavy (non-hydrogen) atoms. The number of hydrogen-bond donors (Lipinski definition) is 0. The van der Waals surface area contributed by atoms with E-state index in [0.29, 0.717) is 5.88 Å². The quantitative estimate of drug-likeness (QED) is 0.433. The molecule has 0 N–H and O–H groups in total. The number of alkyl halides is 1. The Morgan fingerprint density at radius 3 is 1.62 bits per heavy atom. The van der Waals surface area contributed by atoms with Gasteiger partial charge in [-0.1, -0.05) is 84.9 Å². The van der Waals surface area contributed by atoms with Gasteiger partial charge in [0, 0.05) is 11.8 Å². The highest BCUT2D eigenvalue weighted by molar-refractivity contribution is 6.17. The minimum Gasteiger partial charge on any atom is -0.122 e. The summed E-state index contributed by atoms with van der Waals surface area (Å²) >= 11 is 6.15. The van der Waals surface area contributed by atoms with Crippen LogP contribution in [0.25, 0.3) is 0 Å². The van der Waals surface area contributed by atoms with Gasteiger partial charge in [0.2, 0.25) is 0 Å². The highest BCUT2D eigenvalue weighted by Gasteiger charge is 2.18. The van der Waals surface area contributed by atoms with Crippen LogP contribution in [0.3, 0.4) is 0 Å². The maximum absolute atomic E-state index is 6.15. The fourth-order valence-corrected chi connectivity index (χ4v) is 3.02. The topological polar surface area (TPSA) is 0 Å². The molecule has 0 spiro atoms. The number of rotatable bonds is 4. The van der Waals surface area contributed by atoms with Crippen molar-refractivity contribution in [2.45, 2.75) is 11.8 Å². The summed E-state index contributed by atoms with van der Waals surface area (Å²) in [7, 11) is 0. The largest absolute Gasteiger partial charge is 0.122 e. The van der Waals surface area contributed by atoms with E-state index in [-0.39, 0.29) is 5.92 Å². The normalized spacial score (nSPS) is 10.8. The molecular weight excluding hydrogens is 276 g/mol. The molecule has 0 aliphatic carbocycles. The van der Waals surface area contributed by atoms with Crippen molar-refractivity contribution in [3.05, 3.63) is 107 Å². The lowest BCUT2D eigenvalue weighted by Gasteiger charge is -2.21. The molecule has 0 radical (unpaired) electrons. The van der Waals surface area contributed by atoms with E-state index in [1.165, 1.54) is 22.3 Å². The molecule has 0 fully saturated rings. The molecule has 0 amide bonds. The lowest BCUT2D eigenvalue weighted by atomic mass is 9.83. The lowest BCUT2D eigenvalue weighted by Crippen LogP contribution is -2.05. The van der Waals surface area contributed by atoms with E-state index in [1.54, 1.807) is 0 Å². The second-order valence-corrected chi connectivity index (χ2v) is 5.35. The Morgan fingerprint density at radius 1 is 0.619 bits per heavy atom. The monoisotopic (exact) mass is 292 g/mol. The van der Waals surface area contributed by atoms with Gasteiger partial charge in [0.15, 0.2) is 0 Å². The van der Waals surface area contributed by atoms with Crippen molar-refractivity contribution in [3.8, 4) is 0 Å². The average molecular weight is 293 g/mol. The zero-order chi connectivity index (χ0) is 14.5. The molecule has 0 nitrogen and oxygen atoms in total. The van der Waals surface area contributed by atoms with Gasteiger partial charge in [-0.25, -0.2) is 0 Å². The molecule has 0 aliphatic heterocycles. The van der Waals surface area contributed by atoms with Crippen LogP contribution in [0.5, 0.6) is 0 Å². The molecule has 3 aromatic rings. The highest BCUT2D eigenvalue weighted by atomic mass is 35.5. The minimum absolute atomic E-state index is 0.224. The second kappa shape index (κ2) is 6.60. The van der Waals surface area contributed by atoms with Crippen molar-refractivity contribution in [1.82, 2.24) is 0 Å². The molecule has 0 heterocycles. The molecule has 3 aromatic carbocycles. The van der Waals surface area contributed by atoms with Crippen molar-refractivity contribution in [1.29, 1.82) is 0 Å². The Balaban J connectivity index is 2.17. The summed E-state index contributed by atoms with van der Waals surface area (Å²) in [5.41, 5.74) is 5.06. The minimum atomic E-state index is 0.224. The molecule has 0 atom stereocenters. The molecule has 0 saturated heterocycles. The summed E-state index contributed by atoms with van der Waals surface area (Å²) in [6, 6.07) is 29.6. The van der Waals surface area contributed by atoms with Crippen molar-refractivity contribution >= 4 is 11.6 Å². The van der Waals surface area contributed by atoms with Crippen LogP contribution in [0.15, 0.2) is 84.9 Å². The van der Waals surface area contributed by atoms with Gasteiger partial charge < -0.3 is 0 Å². The Kier molecular flexibility index (Phi) is 4.37. The second-order valence-electron chi connectivity index (χ2n) is 5.09. The van der Waals surface area contributed by atoms with Gasteiger partial charge in [-0.3, -0.25) is 0 Å². The molecule has 1 heteroatoms. The van der Waals surface area contributed by atoms with Crippen molar-refractivity contribution in [2.24, 2.45) is 0 Å². The first-order valence-electron chi connectivity index (χ1n) is 7.14. The van der Waals surface area contributed by atoms with Crippen molar-refractivity contribution in [3.63, 3.8) is 0 Å². The smallest absolute Gasteiger partial charge is 0.0477 e. The predicted molar refractivity (Wildman–Crippen MR) is 89.8 cm³/mol. The van der Waals surface area contributed by atoms with Gasteiger partial charge >= 0.3 is 0 Å². The summed E-state index contributed by atoms with van der Waals surface area (Å²) in [4.78, 5) is 0. The van der Waals surface area contributed by atoms with Crippen molar-refractivity contribution in [2.75, 3.05) is 0 Å². The van der Waals surface area contributed by atoms with E-state index in [0.717, 1.165) is 0 Å². The Hall–Kier alpha value is -2.05. The molecular formula is C20H17Cl. The molecule has 0 bridgehead atoms. The molecule has 0 unspecified atom stereocenters. The molecule has 0 saturated carbocycles. The molecule has 0 aliphatic rings. The standard InChI is InChI=1S/C20H17Cl/c21-15-18-13-7-8-14-19(18)20(16-9-3-1-4-10-16)17-11-5-2-6-12-17/h1-14,20H,15H2. The van der Waals surface area contributed by atoms with E-state index in [2.05, 4.69) is 78.9 Å². The molecule has 0 aromatic heterocycles. The van der Waals surface area contributed by atoms with Crippen LogP contribution in [0.2, 0.25) is 0 Å². The first kappa shape index (κ1) is 13.9. The maximum Gasteiger partial charge on any atom is 0.0477 e. The molecule has 3 rings (SSSR count). The summed E-state index contributed by atoms with van der Waals surface area (Å²) in [6.45, 7) is 0. The van der Waals surface area contributed by atoms with Crippen LogP contribution in [0.4, 0.5) is 0 Å². The maximum atomic E-state index is 6.15. The first-order valence-corrected chi connectivity index (χ1v) is 7.67. The Labute approximate surface area is 131 Å². The molecule has 104 valence electrons. The summed E-state index contributed by atoms with van der Waals surface area (Å²) in [5, 5.41) is 0. The Bertz CT molecular complexity index is 650. The summed E-state index contributed by atoms with van der Waals surface area (Å²) in [5.74, 6) is 0.758. The van der Waals surface area contributed by atoms with Gasteiger partial charge in [-0.05, 0) is 22.3 Å². The van der Waals surface area contributed by atoms with Crippen LogP contribution >= 0.6 is 11.6 Å². The van der Waals surface area contributed by atoms with Crippen LogP contribution in [0.1, 0.15) is 28.2 Å². The van der Waals surface area contributed by atoms with E-state index in [1.807, 2.05) is 6.07 Å². The van der Waals surface area contributed by atoms with E-state index in [9.17, 15) is 0 Å². The summed E-state index contributed by atoms with van der Waals surface area (Å²) < 4.78 is 0. The average Bonchev–Trinajstić information content (AvgIpc) is 2.58. The predicted octanol–water partition coefficient (Wildman–Crippen LogP) is 5.61. The zero-order valence-electron chi connectivity index (χ0n) is 11.7. The van der Waals surface area contributed by atoms with Crippen LogP contribution in [-0.2, 0) is 5.88 Å². The van der Waals surface area contributed by atoms with Gasteiger partial charge in [0.05, 0.1) is 0 Å². The van der Waals surface area contributed by atoms with Gasteiger partial charge in [0.1, 0.15) is 0 Å². The summed E-state index contributed by atoms with van der Waals surface area (Å²) in [6.07, 6.45) is 0. The van der Waals surface area contributed by atoms with Crippen LogP contribution in [0, 0.1) is 0 Å². The van der Waals surface area contributed by atoms with Gasteiger partial charge in [-0.2, -0.15) is 0 Å². The van der Waals surface area contributed by atoms with E-state index >= 15 is 0 Å². The van der Waals surface area contributed by atoms with Gasteiger partial charge in [0.25, 0.3) is 0 Å². The number of hydrogen-bond acceptors (Lipinski definition) is 0. The third-order valence-corrected chi connectivity index (χ3v) is 4.06. The zero-order valence-corrected chi connectivity index (χ0v) is 12.5. The Morgan fingerprint density at radius 2 is 1.10 bits per heavy atom. The number of benzene rings is 3. The van der Waals surface area contributed by atoms with Gasteiger partial charge in [-0.15, -0.1) is 11.6 Å².